The largest absolute Gasteiger partial charge is 0.513 e. The van der Waals surface area contributed by atoms with Crippen LogP contribution in [0.2, 0.25) is 0 Å². The van der Waals surface area contributed by atoms with Crippen LogP contribution in [0, 0.1) is 46.3 Å². The number of carbonyl (C=O) groups excluding carboxylic acids is 2. The summed E-state index contributed by atoms with van der Waals surface area (Å²) in [6.07, 6.45) is 14.2. The van der Waals surface area contributed by atoms with Gasteiger partial charge in [0.2, 0.25) is 0 Å². The number of carbonyl (C=O) groups is 2. The average molecular weight is 624 g/mol. The fraction of sp³-hybridized carbons (Fsp3) is 0.737. The van der Waals surface area contributed by atoms with E-state index >= 15 is 0 Å². The van der Waals surface area contributed by atoms with Crippen LogP contribution in [0.1, 0.15) is 105 Å². The average Bonchev–Trinajstić information content (AvgIpc) is 3.37. The summed E-state index contributed by atoms with van der Waals surface area (Å²) < 4.78 is 16.1. The van der Waals surface area contributed by atoms with Gasteiger partial charge in [-0.05, 0) is 103 Å². The number of amides is 1. The Hall–Kier alpha value is -2.54. The van der Waals surface area contributed by atoms with Gasteiger partial charge in [0.15, 0.2) is 0 Å². The summed E-state index contributed by atoms with van der Waals surface area (Å²) in [5, 5.41) is 12.4. The van der Waals surface area contributed by atoms with E-state index in [4.69, 9.17) is 14.2 Å². The highest BCUT2D eigenvalue weighted by Crippen LogP contribution is 2.67. The number of aliphatic hydroxyl groups is 1. The van der Waals surface area contributed by atoms with Crippen LogP contribution in [0.25, 0.3) is 0 Å². The SMILES string of the molecule is CC(C)CCC[C@@H](C)[C@H]1CC[C@H]2[C@@H]3CC=C4C[C@@H](OC(=O)NC(CO)COC(=O)Oc5ccccc5)CC[C@]4(C)[C@H]3CC[C@]12C. The van der Waals surface area contributed by atoms with Gasteiger partial charge in [-0.1, -0.05) is 83.7 Å². The van der Waals surface area contributed by atoms with Gasteiger partial charge in [0.05, 0.1) is 12.6 Å². The maximum Gasteiger partial charge on any atom is 0.513 e. The van der Waals surface area contributed by atoms with Crippen molar-refractivity contribution in [1.82, 2.24) is 5.32 Å². The number of nitrogens with one attached hydrogen (secondary N) is 1. The van der Waals surface area contributed by atoms with E-state index in [2.05, 4.69) is 46.0 Å². The minimum atomic E-state index is -0.892. The summed E-state index contributed by atoms with van der Waals surface area (Å²) in [4.78, 5) is 24.8. The molecular weight excluding hydrogens is 566 g/mol. The minimum absolute atomic E-state index is 0.183. The van der Waals surface area contributed by atoms with Crippen molar-refractivity contribution in [2.24, 2.45) is 46.3 Å². The van der Waals surface area contributed by atoms with Gasteiger partial charge in [0.1, 0.15) is 18.5 Å². The van der Waals surface area contributed by atoms with Gasteiger partial charge in [0.25, 0.3) is 0 Å². The van der Waals surface area contributed by atoms with Crippen molar-refractivity contribution >= 4 is 12.2 Å². The van der Waals surface area contributed by atoms with Crippen LogP contribution in [-0.2, 0) is 9.47 Å². The third-order valence-corrected chi connectivity index (χ3v) is 12.4. The van der Waals surface area contributed by atoms with Crippen molar-refractivity contribution in [2.45, 2.75) is 117 Å². The highest BCUT2D eigenvalue weighted by molar-refractivity contribution is 5.68. The molecule has 9 atom stereocenters. The molecule has 0 saturated heterocycles. The number of alkyl carbamates (subject to hydrolysis) is 1. The number of ether oxygens (including phenoxy) is 3. The first kappa shape index (κ1) is 33.8. The van der Waals surface area contributed by atoms with Crippen LogP contribution in [-0.4, -0.2) is 42.7 Å². The first-order chi connectivity index (χ1) is 21.5. The van der Waals surface area contributed by atoms with Crippen LogP contribution in [0.3, 0.4) is 0 Å². The molecule has 5 rings (SSSR count). The molecule has 1 amide bonds. The van der Waals surface area contributed by atoms with Crippen LogP contribution in [0.4, 0.5) is 9.59 Å². The van der Waals surface area contributed by atoms with E-state index in [1.54, 1.807) is 24.3 Å². The van der Waals surface area contributed by atoms with Gasteiger partial charge >= 0.3 is 12.2 Å². The molecule has 3 fully saturated rings. The van der Waals surface area contributed by atoms with Gasteiger partial charge in [-0.2, -0.15) is 0 Å². The molecule has 1 unspecified atom stereocenters. The third-order valence-electron chi connectivity index (χ3n) is 12.4. The van der Waals surface area contributed by atoms with Crippen molar-refractivity contribution in [2.75, 3.05) is 13.2 Å². The number of hydrogen-bond donors (Lipinski definition) is 2. The molecule has 0 aliphatic heterocycles. The Morgan fingerprint density at radius 1 is 1.00 bits per heavy atom. The lowest BCUT2D eigenvalue weighted by atomic mass is 9.47. The summed E-state index contributed by atoms with van der Waals surface area (Å²) in [5.74, 6) is 5.15. The number of para-hydroxylation sites is 1. The second-order valence-electron chi connectivity index (χ2n) is 15.6. The minimum Gasteiger partial charge on any atom is -0.446 e. The van der Waals surface area contributed by atoms with E-state index in [1.807, 2.05) is 6.07 Å². The molecule has 0 heterocycles. The summed E-state index contributed by atoms with van der Waals surface area (Å²) >= 11 is 0. The van der Waals surface area contributed by atoms with Gasteiger partial charge in [0, 0.05) is 6.42 Å². The Morgan fingerprint density at radius 2 is 1.78 bits per heavy atom. The van der Waals surface area contributed by atoms with Gasteiger partial charge < -0.3 is 24.6 Å². The number of fused-ring (bicyclic) bond motifs is 5. The highest BCUT2D eigenvalue weighted by atomic mass is 16.7. The lowest BCUT2D eigenvalue weighted by Gasteiger charge is -2.58. The number of hydrogen-bond acceptors (Lipinski definition) is 6. The fourth-order valence-electron chi connectivity index (χ4n) is 10.0. The lowest BCUT2D eigenvalue weighted by Crippen LogP contribution is -2.51. The monoisotopic (exact) mass is 623 g/mol. The maximum absolute atomic E-state index is 12.8. The van der Waals surface area contributed by atoms with E-state index in [9.17, 15) is 14.7 Å². The standard InChI is InChI=1S/C38H57NO6/c1-25(2)10-9-11-26(3)32-16-17-33-31-15-14-27-22-30(18-20-37(27,4)34(31)19-21-38(32,33)5)44-35(41)39-28(23-40)24-43-36(42)45-29-12-7-6-8-13-29/h6-8,12-14,25-26,28,30-34,40H,9-11,15-24H2,1-5H3,(H,39,41)/t26-,28?,30+,31+,32-,33+,34+,37+,38-/m1/s1. The van der Waals surface area contributed by atoms with Crippen molar-refractivity contribution in [3.8, 4) is 5.75 Å². The van der Waals surface area contributed by atoms with E-state index in [0.717, 1.165) is 55.3 Å². The quantitative estimate of drug-likeness (QED) is 0.145. The Balaban J connectivity index is 1.12. The van der Waals surface area contributed by atoms with Crippen molar-refractivity contribution in [3.63, 3.8) is 0 Å². The second kappa shape index (κ2) is 14.5. The van der Waals surface area contributed by atoms with Crippen molar-refractivity contribution < 1.29 is 28.9 Å². The van der Waals surface area contributed by atoms with Crippen LogP contribution in [0.5, 0.6) is 5.75 Å². The zero-order chi connectivity index (χ0) is 32.2. The molecule has 3 saturated carbocycles. The third kappa shape index (κ3) is 7.55. The van der Waals surface area contributed by atoms with Crippen molar-refractivity contribution in [1.29, 1.82) is 0 Å². The summed E-state index contributed by atoms with van der Waals surface area (Å²) in [6.45, 7) is 11.8. The molecular formula is C38H57NO6. The molecule has 7 heteroatoms. The van der Waals surface area contributed by atoms with Gasteiger partial charge in [-0.3, -0.25) is 0 Å². The Labute approximate surface area is 270 Å². The number of benzene rings is 1. The molecule has 1 aromatic rings. The summed E-state index contributed by atoms with van der Waals surface area (Å²) in [6, 6.07) is 7.81. The first-order valence-electron chi connectivity index (χ1n) is 17.7. The molecule has 0 spiro atoms. The molecule has 1 aromatic carbocycles. The fourth-order valence-corrected chi connectivity index (χ4v) is 10.0. The molecule has 4 aliphatic rings. The molecule has 0 aromatic heterocycles. The first-order valence-corrected chi connectivity index (χ1v) is 17.7. The van der Waals surface area contributed by atoms with Crippen LogP contribution in [0.15, 0.2) is 42.0 Å². The van der Waals surface area contributed by atoms with E-state index in [0.29, 0.717) is 17.1 Å². The van der Waals surface area contributed by atoms with E-state index in [-0.39, 0.29) is 24.7 Å². The normalized spacial score (nSPS) is 33.6. The molecule has 2 N–H and O–H groups in total. The Morgan fingerprint density at radius 3 is 2.51 bits per heavy atom. The smallest absolute Gasteiger partial charge is 0.446 e. The van der Waals surface area contributed by atoms with E-state index < -0.39 is 18.3 Å². The Kier molecular flexibility index (Phi) is 10.9. The molecule has 0 bridgehead atoms. The van der Waals surface area contributed by atoms with Gasteiger partial charge in [-0.25, -0.2) is 9.59 Å². The topological polar surface area (TPSA) is 94.1 Å². The Bertz CT molecular complexity index is 1180. The summed E-state index contributed by atoms with van der Waals surface area (Å²) in [5.41, 5.74) is 2.13. The predicted molar refractivity (Wildman–Crippen MR) is 176 cm³/mol. The number of aliphatic hydroxyl groups excluding tert-OH is 1. The predicted octanol–water partition coefficient (Wildman–Crippen LogP) is 8.70. The number of rotatable bonds is 11. The van der Waals surface area contributed by atoms with Crippen LogP contribution >= 0.6 is 0 Å². The number of allylic oxidation sites excluding steroid dienone is 1. The highest BCUT2D eigenvalue weighted by Gasteiger charge is 2.59. The molecule has 4 aliphatic carbocycles. The zero-order valence-electron chi connectivity index (χ0n) is 28.3. The molecule has 0 radical (unpaired) electrons. The molecule has 250 valence electrons. The zero-order valence-corrected chi connectivity index (χ0v) is 28.3. The maximum atomic E-state index is 12.8. The molecule has 7 nitrogen and oxygen atoms in total. The molecule has 45 heavy (non-hydrogen) atoms. The van der Waals surface area contributed by atoms with Gasteiger partial charge in [-0.15, -0.1) is 0 Å². The van der Waals surface area contributed by atoms with E-state index in [1.165, 1.54) is 50.5 Å². The van der Waals surface area contributed by atoms with Crippen molar-refractivity contribution in [3.05, 3.63) is 42.0 Å². The van der Waals surface area contributed by atoms with Crippen LogP contribution < -0.4 is 10.1 Å². The lowest BCUT2D eigenvalue weighted by molar-refractivity contribution is -0.0583. The second-order valence-corrected chi connectivity index (χ2v) is 15.6. The summed E-state index contributed by atoms with van der Waals surface area (Å²) in [7, 11) is 0.